The van der Waals surface area contributed by atoms with Gasteiger partial charge in [0, 0.05) is 28.8 Å². The number of hydrogen-bond donors (Lipinski definition) is 4. The number of aliphatic hydroxyl groups excluding tert-OH is 1. The van der Waals surface area contributed by atoms with Gasteiger partial charge in [-0.1, -0.05) is 24.3 Å². The normalized spacial score (nSPS) is 18.0. The molecule has 2 unspecified atom stereocenters. The van der Waals surface area contributed by atoms with Crippen LogP contribution in [0.5, 0.6) is 11.5 Å². The molecule has 0 fully saturated rings. The maximum Gasteiger partial charge on any atom is 0.262 e. The molecule has 3 aromatic carbocycles. The number of H-pyrrole nitrogens is 1. The number of hydrogen-bond acceptors (Lipinski definition) is 5. The summed E-state index contributed by atoms with van der Waals surface area (Å²) in [5.74, 6) is 1.25. The number of nitrogens with two attached hydrogens (primary N) is 1. The van der Waals surface area contributed by atoms with Crippen molar-refractivity contribution in [2.45, 2.75) is 37.8 Å². The number of aromatic nitrogens is 1. The lowest BCUT2D eigenvalue weighted by molar-refractivity contribution is -0.118. The molecule has 0 spiro atoms. The van der Waals surface area contributed by atoms with Crippen LogP contribution in [0.4, 0.5) is 5.69 Å². The Balaban J connectivity index is 1.17. The van der Waals surface area contributed by atoms with Crippen molar-refractivity contribution in [3.63, 3.8) is 0 Å². The largest absolute Gasteiger partial charge is 0.491 e. The maximum absolute atomic E-state index is 12.5. The predicted octanol–water partition coefficient (Wildman–Crippen LogP) is 4.97. The van der Waals surface area contributed by atoms with Crippen molar-refractivity contribution >= 4 is 22.5 Å². The first-order valence-corrected chi connectivity index (χ1v) is 12.8. The smallest absolute Gasteiger partial charge is 0.262 e. The topological polar surface area (TPSA) is 110 Å². The van der Waals surface area contributed by atoms with Gasteiger partial charge < -0.3 is 30.6 Å². The van der Waals surface area contributed by atoms with Crippen LogP contribution in [-0.2, 0) is 11.2 Å². The van der Waals surface area contributed by atoms with Crippen molar-refractivity contribution in [3.8, 4) is 11.5 Å². The molecule has 5 N–H and O–H groups in total. The van der Waals surface area contributed by atoms with Crippen LogP contribution in [-0.4, -0.2) is 35.3 Å². The van der Waals surface area contributed by atoms with Gasteiger partial charge in [-0.05, 0) is 91.3 Å². The van der Waals surface area contributed by atoms with Gasteiger partial charge in [-0.3, -0.25) is 4.79 Å². The van der Waals surface area contributed by atoms with Crippen molar-refractivity contribution < 1.29 is 19.4 Å². The first-order chi connectivity index (χ1) is 18.0. The summed E-state index contributed by atoms with van der Waals surface area (Å²) < 4.78 is 11.6. The van der Waals surface area contributed by atoms with Gasteiger partial charge in [0.05, 0.1) is 6.10 Å². The SMILES string of the molecule is NC1c2cc(OCC(=O)Nc3ccc4[nH]ccc4c3)ccc2CCCC1C[C@H](O)COc1ccccc1. The van der Waals surface area contributed by atoms with E-state index in [2.05, 4.69) is 10.3 Å². The molecule has 1 amide bonds. The number of carbonyl (C=O) groups excluding carboxylic acids is 1. The van der Waals surface area contributed by atoms with E-state index in [1.165, 1.54) is 5.56 Å². The van der Waals surface area contributed by atoms with Gasteiger partial charge in [0.25, 0.3) is 5.91 Å². The lowest BCUT2D eigenvalue weighted by Crippen LogP contribution is -2.28. The highest BCUT2D eigenvalue weighted by Gasteiger charge is 2.27. The number of ether oxygens (including phenoxy) is 2. The Morgan fingerprint density at radius 1 is 1.05 bits per heavy atom. The highest BCUT2D eigenvalue weighted by molar-refractivity contribution is 5.94. The third kappa shape index (κ3) is 6.31. The van der Waals surface area contributed by atoms with Gasteiger partial charge in [0.1, 0.15) is 18.1 Å². The number of para-hydroxylation sites is 1. The van der Waals surface area contributed by atoms with Gasteiger partial charge in [-0.15, -0.1) is 0 Å². The second kappa shape index (κ2) is 11.5. The number of fused-ring (bicyclic) bond motifs is 2. The van der Waals surface area contributed by atoms with E-state index in [1.54, 1.807) is 0 Å². The zero-order chi connectivity index (χ0) is 25.6. The quantitative estimate of drug-likeness (QED) is 0.243. The standard InChI is InChI=1S/C30H33N3O4/c31-30-22(16-24(34)18-36-25-7-2-1-3-8-25)6-4-5-20-9-11-26(17-27(20)30)37-19-29(35)33-23-10-12-28-21(15-23)13-14-32-28/h1-3,7-15,17,22,24,30,32,34H,4-6,16,18-19,31H2,(H,33,35)/t22?,24-,30?/m0/s1. The fourth-order valence-electron chi connectivity index (χ4n) is 5.06. The van der Waals surface area contributed by atoms with E-state index in [0.29, 0.717) is 12.2 Å². The number of amides is 1. The fourth-order valence-corrected chi connectivity index (χ4v) is 5.06. The van der Waals surface area contributed by atoms with Crippen molar-refractivity contribution in [1.82, 2.24) is 4.98 Å². The molecule has 37 heavy (non-hydrogen) atoms. The van der Waals surface area contributed by atoms with Crippen molar-refractivity contribution in [3.05, 3.63) is 90.1 Å². The number of anilines is 1. The van der Waals surface area contributed by atoms with E-state index in [4.69, 9.17) is 15.2 Å². The summed E-state index contributed by atoms with van der Waals surface area (Å²) in [5.41, 5.74) is 10.7. The van der Waals surface area contributed by atoms with Gasteiger partial charge in [-0.25, -0.2) is 0 Å². The molecule has 5 rings (SSSR count). The highest BCUT2D eigenvalue weighted by atomic mass is 16.5. The molecule has 3 atom stereocenters. The monoisotopic (exact) mass is 499 g/mol. The van der Waals surface area contributed by atoms with Gasteiger partial charge in [-0.2, -0.15) is 0 Å². The minimum atomic E-state index is -0.605. The van der Waals surface area contributed by atoms with Crippen LogP contribution < -0.4 is 20.5 Å². The van der Waals surface area contributed by atoms with Crippen LogP contribution in [0, 0.1) is 5.92 Å². The average molecular weight is 500 g/mol. The van der Waals surface area contributed by atoms with Crippen molar-refractivity contribution in [2.75, 3.05) is 18.5 Å². The van der Waals surface area contributed by atoms with Crippen LogP contribution in [0.2, 0.25) is 0 Å². The first-order valence-electron chi connectivity index (χ1n) is 12.8. The van der Waals surface area contributed by atoms with E-state index in [1.807, 2.05) is 79.0 Å². The third-order valence-electron chi connectivity index (χ3n) is 6.97. The fraction of sp³-hybridized carbons (Fsp3) is 0.300. The Labute approximate surface area is 216 Å². The van der Waals surface area contributed by atoms with Crippen LogP contribution >= 0.6 is 0 Å². The highest BCUT2D eigenvalue weighted by Crippen LogP contribution is 2.36. The molecule has 0 saturated heterocycles. The van der Waals surface area contributed by atoms with Crippen LogP contribution in [0.25, 0.3) is 10.9 Å². The average Bonchev–Trinajstić information content (AvgIpc) is 3.33. The molecule has 0 radical (unpaired) electrons. The van der Waals surface area contributed by atoms with Crippen molar-refractivity contribution in [2.24, 2.45) is 11.7 Å². The van der Waals surface area contributed by atoms with E-state index in [9.17, 15) is 9.90 Å². The third-order valence-corrected chi connectivity index (χ3v) is 6.97. The Morgan fingerprint density at radius 3 is 2.78 bits per heavy atom. The second-order valence-electron chi connectivity index (χ2n) is 9.67. The van der Waals surface area contributed by atoms with Crippen LogP contribution in [0.15, 0.2) is 79.0 Å². The summed E-state index contributed by atoms with van der Waals surface area (Å²) in [7, 11) is 0. The predicted molar refractivity (Wildman–Crippen MR) is 145 cm³/mol. The van der Waals surface area contributed by atoms with E-state index in [-0.39, 0.29) is 31.1 Å². The Morgan fingerprint density at radius 2 is 1.92 bits per heavy atom. The summed E-state index contributed by atoms with van der Waals surface area (Å²) in [4.78, 5) is 15.6. The Hall–Kier alpha value is -3.81. The molecule has 7 nitrogen and oxygen atoms in total. The molecular weight excluding hydrogens is 466 g/mol. The molecule has 7 heteroatoms. The molecule has 1 aliphatic carbocycles. The minimum absolute atomic E-state index is 0.0990. The van der Waals surface area contributed by atoms with Crippen molar-refractivity contribution in [1.29, 1.82) is 0 Å². The molecule has 1 aromatic heterocycles. The summed E-state index contributed by atoms with van der Waals surface area (Å²) in [5, 5.41) is 14.6. The lowest BCUT2D eigenvalue weighted by atomic mass is 9.87. The lowest BCUT2D eigenvalue weighted by Gasteiger charge is -2.25. The van der Waals surface area contributed by atoms with Crippen LogP contribution in [0.1, 0.15) is 36.4 Å². The molecule has 1 heterocycles. The number of benzene rings is 3. The summed E-state index contributed by atoms with van der Waals surface area (Å²) in [6, 6.07) is 22.8. The number of aryl methyl sites for hydroxylation is 1. The zero-order valence-corrected chi connectivity index (χ0v) is 20.7. The minimum Gasteiger partial charge on any atom is -0.491 e. The second-order valence-corrected chi connectivity index (χ2v) is 9.67. The number of carbonyl (C=O) groups is 1. The Kier molecular flexibility index (Phi) is 7.73. The van der Waals surface area contributed by atoms with Gasteiger partial charge in [0.2, 0.25) is 0 Å². The molecule has 4 aromatic rings. The Bertz CT molecular complexity index is 1340. The van der Waals surface area contributed by atoms with E-state index in [0.717, 1.165) is 47.2 Å². The summed E-state index contributed by atoms with van der Waals surface area (Å²) in [6.07, 6.45) is 4.69. The summed E-state index contributed by atoms with van der Waals surface area (Å²) >= 11 is 0. The van der Waals surface area contributed by atoms with E-state index < -0.39 is 6.10 Å². The van der Waals surface area contributed by atoms with Crippen LogP contribution in [0.3, 0.4) is 0 Å². The molecule has 0 bridgehead atoms. The van der Waals surface area contributed by atoms with Gasteiger partial charge >= 0.3 is 0 Å². The number of rotatable bonds is 9. The molecular formula is C30H33N3O4. The number of aliphatic hydroxyl groups is 1. The molecule has 0 saturated carbocycles. The first kappa shape index (κ1) is 24.9. The van der Waals surface area contributed by atoms with Gasteiger partial charge in [0.15, 0.2) is 6.61 Å². The zero-order valence-electron chi connectivity index (χ0n) is 20.7. The maximum atomic E-state index is 12.5. The summed E-state index contributed by atoms with van der Waals surface area (Å²) in [6.45, 7) is 0.132. The molecule has 192 valence electrons. The number of aromatic amines is 1. The van der Waals surface area contributed by atoms with E-state index >= 15 is 0 Å². The number of nitrogens with one attached hydrogen (secondary N) is 2. The molecule has 1 aliphatic rings. The molecule has 0 aliphatic heterocycles.